The summed E-state index contributed by atoms with van der Waals surface area (Å²) in [5, 5.41) is 2.04. The molecule has 27 heavy (non-hydrogen) atoms. The molecule has 8 heteroatoms. The molecule has 2 heterocycles. The first-order valence-corrected chi connectivity index (χ1v) is 10.9. The van der Waals surface area contributed by atoms with Crippen LogP contribution >= 0.6 is 22.9 Å². The van der Waals surface area contributed by atoms with E-state index in [1.807, 2.05) is 26.8 Å². The number of aromatic nitrogens is 1. The molecule has 0 saturated carbocycles. The van der Waals surface area contributed by atoms with Crippen LogP contribution in [-0.4, -0.2) is 19.3 Å². The molecule has 0 saturated heterocycles. The maximum absolute atomic E-state index is 12.9. The molecule has 3 rings (SSSR count). The molecule has 5 nitrogen and oxygen atoms in total. The van der Waals surface area contributed by atoms with Gasteiger partial charge >= 0.3 is 0 Å². The summed E-state index contributed by atoms with van der Waals surface area (Å²) < 4.78 is 28.6. The first-order chi connectivity index (χ1) is 12.5. The van der Waals surface area contributed by atoms with Crippen LogP contribution in [0.4, 0.5) is 0 Å². The second-order valence-corrected chi connectivity index (χ2v) is 10.3. The second kappa shape index (κ2) is 6.89. The van der Waals surface area contributed by atoms with E-state index in [0.717, 1.165) is 10.3 Å². The lowest BCUT2D eigenvalue weighted by molar-refractivity contribution is 0.0983. The van der Waals surface area contributed by atoms with Gasteiger partial charge in [0.25, 0.3) is 15.9 Å². The molecule has 0 spiro atoms. The van der Waals surface area contributed by atoms with E-state index < -0.39 is 15.9 Å². The molecule has 0 radical (unpaired) electrons. The fourth-order valence-corrected chi connectivity index (χ4v) is 5.03. The molecule has 3 aromatic rings. The van der Waals surface area contributed by atoms with Gasteiger partial charge in [0.2, 0.25) is 0 Å². The minimum atomic E-state index is -4.02. The number of hydrogen-bond donors (Lipinski definition) is 1. The highest BCUT2D eigenvalue weighted by Crippen LogP contribution is 2.28. The number of benzene rings is 1. The maximum atomic E-state index is 12.9. The zero-order valence-electron chi connectivity index (χ0n) is 15.3. The summed E-state index contributed by atoms with van der Waals surface area (Å²) in [6.07, 6.45) is 1.43. The van der Waals surface area contributed by atoms with Crippen molar-refractivity contribution in [2.24, 2.45) is 0 Å². The summed E-state index contributed by atoms with van der Waals surface area (Å²) in [5.41, 5.74) is 1.87. The highest BCUT2D eigenvalue weighted by atomic mass is 35.5. The lowest BCUT2D eigenvalue weighted by Crippen LogP contribution is -2.31. The van der Waals surface area contributed by atoms with Crippen LogP contribution in [0.2, 0.25) is 5.02 Å². The Labute approximate surface area is 167 Å². The van der Waals surface area contributed by atoms with Crippen LogP contribution in [0.3, 0.4) is 0 Å². The molecule has 2 aromatic heterocycles. The zero-order chi connectivity index (χ0) is 20.0. The number of hydrogen-bond acceptors (Lipinski definition) is 5. The molecule has 1 N–H and O–H groups in total. The van der Waals surface area contributed by atoms with E-state index in [1.165, 1.54) is 17.5 Å². The number of nitrogens with one attached hydrogen (secondary N) is 1. The molecule has 0 fully saturated rings. The molecule has 0 aliphatic carbocycles. The van der Waals surface area contributed by atoms with Gasteiger partial charge in [0.05, 0.1) is 25.7 Å². The number of carbonyl (C=O) groups is 1. The lowest BCUT2D eigenvalue weighted by atomic mass is 9.87. The molecule has 0 bridgehead atoms. The first kappa shape index (κ1) is 19.8. The molecule has 0 aliphatic heterocycles. The van der Waals surface area contributed by atoms with Gasteiger partial charge in [-0.2, -0.15) is 0 Å². The van der Waals surface area contributed by atoms with Crippen molar-refractivity contribution < 1.29 is 13.2 Å². The number of halogens is 1. The standard InChI is InChI=1S/C19H19ClN2O3S2/c1-11-5-6-12(19(2,3)4)7-16(11)27(24,25)22-18(23)14-10-26-15-8-13(20)9-21-17(14)15/h5-10H,1-4H3,(H,22,23). The predicted octanol–water partition coefficient (Wildman–Crippen LogP) is 4.67. The Morgan fingerprint density at radius 3 is 2.59 bits per heavy atom. The van der Waals surface area contributed by atoms with E-state index in [9.17, 15) is 13.2 Å². The van der Waals surface area contributed by atoms with Crippen molar-refractivity contribution in [1.82, 2.24) is 9.71 Å². The molecule has 1 aromatic carbocycles. The molecule has 1 amide bonds. The van der Waals surface area contributed by atoms with Crippen LogP contribution < -0.4 is 4.72 Å². The van der Waals surface area contributed by atoms with Gasteiger partial charge in [-0.05, 0) is 35.6 Å². The van der Waals surface area contributed by atoms with Crippen molar-refractivity contribution in [3.8, 4) is 0 Å². The number of aryl methyl sites for hydroxylation is 1. The average Bonchev–Trinajstić information content (AvgIpc) is 2.96. The zero-order valence-corrected chi connectivity index (χ0v) is 17.7. The molecule has 0 atom stereocenters. The summed E-state index contributed by atoms with van der Waals surface area (Å²) in [6, 6.07) is 6.96. The Morgan fingerprint density at radius 1 is 1.22 bits per heavy atom. The number of pyridine rings is 1. The third kappa shape index (κ3) is 4.00. The molecule has 142 valence electrons. The number of sulfonamides is 1. The Morgan fingerprint density at radius 2 is 1.93 bits per heavy atom. The number of fused-ring (bicyclic) bond motifs is 1. The van der Waals surface area contributed by atoms with Crippen molar-refractivity contribution >= 4 is 49.1 Å². The number of amides is 1. The molecule has 0 unspecified atom stereocenters. The Kier molecular flexibility index (Phi) is 5.05. The van der Waals surface area contributed by atoms with Crippen LogP contribution in [0, 0.1) is 6.92 Å². The quantitative estimate of drug-likeness (QED) is 0.665. The van der Waals surface area contributed by atoms with Gasteiger partial charge in [-0.25, -0.2) is 13.1 Å². The molecular weight excluding hydrogens is 404 g/mol. The van der Waals surface area contributed by atoms with Gasteiger partial charge in [0.1, 0.15) is 0 Å². The average molecular weight is 423 g/mol. The minimum absolute atomic E-state index is 0.0961. The fraction of sp³-hybridized carbons (Fsp3) is 0.263. The third-order valence-corrected chi connectivity index (χ3v) is 6.79. The Balaban J connectivity index is 1.98. The predicted molar refractivity (Wildman–Crippen MR) is 109 cm³/mol. The summed E-state index contributed by atoms with van der Waals surface area (Å²) in [7, 11) is -4.02. The Bertz CT molecular complexity index is 1150. The van der Waals surface area contributed by atoms with E-state index in [0.29, 0.717) is 16.1 Å². The van der Waals surface area contributed by atoms with E-state index in [2.05, 4.69) is 9.71 Å². The second-order valence-electron chi connectivity index (χ2n) is 7.31. The highest BCUT2D eigenvalue weighted by molar-refractivity contribution is 7.90. The van der Waals surface area contributed by atoms with Gasteiger partial charge in [-0.15, -0.1) is 11.3 Å². The van der Waals surface area contributed by atoms with Crippen molar-refractivity contribution in [2.45, 2.75) is 38.0 Å². The summed E-state index contributed by atoms with van der Waals surface area (Å²) in [4.78, 5) is 16.9. The molecule has 0 aliphatic rings. The summed E-state index contributed by atoms with van der Waals surface area (Å²) in [5.74, 6) is -0.711. The van der Waals surface area contributed by atoms with Crippen LogP contribution in [0.1, 0.15) is 42.3 Å². The van der Waals surface area contributed by atoms with E-state index in [4.69, 9.17) is 11.6 Å². The van der Waals surface area contributed by atoms with Crippen LogP contribution in [-0.2, 0) is 15.4 Å². The fourth-order valence-electron chi connectivity index (χ4n) is 2.64. The minimum Gasteiger partial charge on any atom is -0.268 e. The lowest BCUT2D eigenvalue weighted by Gasteiger charge is -2.20. The SMILES string of the molecule is Cc1ccc(C(C)(C)C)cc1S(=O)(=O)NC(=O)c1csc2cc(Cl)cnc12. The van der Waals surface area contributed by atoms with Gasteiger partial charge in [-0.1, -0.05) is 44.5 Å². The van der Waals surface area contributed by atoms with Gasteiger partial charge < -0.3 is 0 Å². The van der Waals surface area contributed by atoms with Gasteiger partial charge in [-0.3, -0.25) is 9.78 Å². The van der Waals surface area contributed by atoms with E-state index >= 15 is 0 Å². The van der Waals surface area contributed by atoms with Crippen LogP contribution in [0.25, 0.3) is 10.2 Å². The topological polar surface area (TPSA) is 76.1 Å². The number of rotatable bonds is 3. The summed E-state index contributed by atoms with van der Waals surface area (Å²) in [6.45, 7) is 7.71. The van der Waals surface area contributed by atoms with Crippen molar-refractivity contribution in [1.29, 1.82) is 0 Å². The van der Waals surface area contributed by atoms with Gasteiger partial charge in [0, 0.05) is 11.6 Å². The van der Waals surface area contributed by atoms with Crippen LogP contribution in [0.15, 0.2) is 40.7 Å². The third-order valence-electron chi connectivity index (χ3n) is 4.19. The first-order valence-electron chi connectivity index (χ1n) is 8.20. The number of carbonyl (C=O) groups excluding carboxylic acids is 1. The highest BCUT2D eigenvalue weighted by Gasteiger charge is 2.25. The van der Waals surface area contributed by atoms with Gasteiger partial charge in [0.15, 0.2) is 0 Å². The summed E-state index contributed by atoms with van der Waals surface area (Å²) >= 11 is 7.20. The smallest absolute Gasteiger partial charge is 0.268 e. The maximum Gasteiger partial charge on any atom is 0.268 e. The Hall–Kier alpha value is -1.96. The van der Waals surface area contributed by atoms with E-state index in [-0.39, 0.29) is 15.9 Å². The number of nitrogens with zero attached hydrogens (tertiary/aromatic N) is 1. The van der Waals surface area contributed by atoms with E-state index in [1.54, 1.807) is 30.5 Å². The van der Waals surface area contributed by atoms with Crippen LogP contribution in [0.5, 0.6) is 0 Å². The largest absolute Gasteiger partial charge is 0.268 e. The molecular formula is C19H19ClN2O3S2. The normalized spacial score (nSPS) is 12.3. The van der Waals surface area contributed by atoms with Crippen molar-refractivity contribution in [3.05, 3.63) is 57.6 Å². The van der Waals surface area contributed by atoms with Crippen molar-refractivity contribution in [3.63, 3.8) is 0 Å². The monoisotopic (exact) mass is 422 g/mol. The number of thiophene rings is 1. The van der Waals surface area contributed by atoms with Crippen molar-refractivity contribution in [2.75, 3.05) is 0 Å².